The van der Waals surface area contributed by atoms with Crippen molar-refractivity contribution in [3.05, 3.63) is 0 Å². The highest BCUT2D eigenvalue weighted by Crippen LogP contribution is 2.55. The van der Waals surface area contributed by atoms with Crippen LogP contribution in [0.25, 0.3) is 0 Å². The molecule has 0 aromatic carbocycles. The van der Waals surface area contributed by atoms with Gasteiger partial charge in [0.15, 0.2) is 0 Å². The van der Waals surface area contributed by atoms with Crippen molar-refractivity contribution in [2.75, 3.05) is 0 Å². The van der Waals surface area contributed by atoms with Gasteiger partial charge in [-0.05, 0) is 50.7 Å². The van der Waals surface area contributed by atoms with Crippen molar-refractivity contribution in [2.24, 2.45) is 16.8 Å². The van der Waals surface area contributed by atoms with E-state index in [1.807, 2.05) is 0 Å². The Kier molecular flexibility index (Phi) is 1.55. The van der Waals surface area contributed by atoms with Crippen LogP contribution < -0.4 is 0 Å². The summed E-state index contributed by atoms with van der Waals surface area (Å²) in [6.45, 7) is 6.01. The van der Waals surface area contributed by atoms with Gasteiger partial charge < -0.3 is 0 Å². The van der Waals surface area contributed by atoms with Gasteiger partial charge >= 0.3 is 0 Å². The molecule has 0 aromatic heterocycles. The van der Waals surface area contributed by atoms with Crippen molar-refractivity contribution in [1.82, 2.24) is 0 Å². The molecule has 2 fully saturated rings. The van der Waals surface area contributed by atoms with Crippen molar-refractivity contribution in [3.63, 3.8) is 0 Å². The first-order valence-corrected chi connectivity index (χ1v) is 4.80. The maximum Gasteiger partial charge on any atom is 0.0629 e. The standard InChI is InChI=1S/C10H17N/c1-3-10(11-2)7-6-8-4-5-9(8)10/h8-9H,2-7H2,1H3/t8?,9-,10?/m1/s1. The number of hydrogen-bond acceptors (Lipinski definition) is 1. The molecule has 11 heavy (non-hydrogen) atoms. The zero-order valence-corrected chi connectivity index (χ0v) is 7.34. The van der Waals surface area contributed by atoms with Crippen LogP contribution in [0.5, 0.6) is 0 Å². The van der Waals surface area contributed by atoms with Crippen LogP contribution in [0.2, 0.25) is 0 Å². The second-order valence-electron chi connectivity index (χ2n) is 4.10. The summed E-state index contributed by atoms with van der Waals surface area (Å²) in [5.74, 6) is 1.92. The van der Waals surface area contributed by atoms with Crippen LogP contribution in [0.1, 0.15) is 39.0 Å². The van der Waals surface area contributed by atoms with Gasteiger partial charge in [0.1, 0.15) is 0 Å². The van der Waals surface area contributed by atoms with Gasteiger partial charge in [0.05, 0.1) is 5.54 Å². The summed E-state index contributed by atoms with van der Waals surface area (Å²) in [6, 6.07) is 0. The number of hydrogen-bond donors (Lipinski definition) is 0. The van der Waals surface area contributed by atoms with E-state index in [0.29, 0.717) is 5.54 Å². The predicted octanol–water partition coefficient (Wildman–Crippen LogP) is 2.66. The second kappa shape index (κ2) is 2.33. The molecule has 2 aliphatic rings. The van der Waals surface area contributed by atoms with Gasteiger partial charge in [0, 0.05) is 0 Å². The smallest absolute Gasteiger partial charge is 0.0629 e. The fourth-order valence-corrected chi connectivity index (χ4v) is 2.99. The Bertz CT molecular complexity index is 176. The lowest BCUT2D eigenvalue weighted by Gasteiger charge is -2.40. The molecule has 2 saturated carbocycles. The average molecular weight is 151 g/mol. The zero-order chi connectivity index (χ0) is 7.90. The Labute approximate surface area is 68.9 Å². The summed E-state index contributed by atoms with van der Waals surface area (Å²) in [7, 11) is 0. The lowest BCUT2D eigenvalue weighted by Crippen LogP contribution is -2.37. The molecule has 0 spiro atoms. The van der Waals surface area contributed by atoms with Crippen LogP contribution >= 0.6 is 0 Å². The fourth-order valence-electron chi connectivity index (χ4n) is 2.99. The Morgan fingerprint density at radius 1 is 1.45 bits per heavy atom. The largest absolute Gasteiger partial charge is 0.294 e. The van der Waals surface area contributed by atoms with Gasteiger partial charge in [0.25, 0.3) is 0 Å². The molecular weight excluding hydrogens is 134 g/mol. The molecule has 62 valence electrons. The van der Waals surface area contributed by atoms with Gasteiger partial charge in [-0.1, -0.05) is 6.92 Å². The number of fused-ring (bicyclic) bond motifs is 1. The van der Waals surface area contributed by atoms with E-state index >= 15 is 0 Å². The average Bonchev–Trinajstić information content (AvgIpc) is 2.23. The summed E-state index contributed by atoms with van der Waals surface area (Å²) in [5, 5.41) is 0. The van der Waals surface area contributed by atoms with E-state index in [4.69, 9.17) is 0 Å². The van der Waals surface area contributed by atoms with Crippen molar-refractivity contribution in [3.8, 4) is 0 Å². The highest BCUT2D eigenvalue weighted by atomic mass is 14.9. The van der Waals surface area contributed by atoms with Crippen molar-refractivity contribution in [1.29, 1.82) is 0 Å². The van der Waals surface area contributed by atoms with Crippen LogP contribution in [0.4, 0.5) is 0 Å². The van der Waals surface area contributed by atoms with Crippen LogP contribution in [0.3, 0.4) is 0 Å². The molecule has 1 nitrogen and oxygen atoms in total. The first kappa shape index (κ1) is 7.33. The number of aliphatic imine (C=N–C) groups is 1. The lowest BCUT2D eigenvalue weighted by molar-refractivity contribution is 0.146. The maximum absolute atomic E-state index is 4.37. The molecule has 0 heterocycles. The monoisotopic (exact) mass is 151 g/mol. The third-order valence-electron chi connectivity index (χ3n) is 3.98. The fraction of sp³-hybridized carbons (Fsp3) is 0.900. The van der Waals surface area contributed by atoms with Gasteiger partial charge in [0.2, 0.25) is 0 Å². The molecule has 0 amide bonds. The minimum Gasteiger partial charge on any atom is -0.294 e. The molecule has 0 aromatic rings. The maximum atomic E-state index is 4.37. The quantitative estimate of drug-likeness (QED) is 0.538. The first-order chi connectivity index (χ1) is 5.32. The summed E-state index contributed by atoms with van der Waals surface area (Å²) < 4.78 is 0. The Morgan fingerprint density at radius 2 is 2.27 bits per heavy atom. The summed E-state index contributed by atoms with van der Waals surface area (Å²) in [4.78, 5) is 4.37. The molecule has 0 bridgehead atoms. The molecule has 0 aliphatic heterocycles. The highest BCUT2D eigenvalue weighted by Gasteiger charge is 2.50. The van der Waals surface area contributed by atoms with E-state index in [9.17, 15) is 0 Å². The second-order valence-corrected chi connectivity index (χ2v) is 4.10. The molecule has 1 heteroatoms. The molecule has 0 radical (unpaired) electrons. The van der Waals surface area contributed by atoms with Crippen LogP contribution in [-0.2, 0) is 0 Å². The van der Waals surface area contributed by atoms with Gasteiger partial charge in [-0.15, -0.1) is 0 Å². The minimum absolute atomic E-state index is 0.308. The van der Waals surface area contributed by atoms with E-state index in [-0.39, 0.29) is 0 Å². The van der Waals surface area contributed by atoms with E-state index < -0.39 is 0 Å². The van der Waals surface area contributed by atoms with Gasteiger partial charge in [-0.25, -0.2) is 0 Å². The molecule has 2 rings (SSSR count). The number of rotatable bonds is 2. The first-order valence-electron chi connectivity index (χ1n) is 4.80. The van der Waals surface area contributed by atoms with Crippen molar-refractivity contribution in [2.45, 2.75) is 44.6 Å². The molecular formula is C10H17N. The topological polar surface area (TPSA) is 12.4 Å². The van der Waals surface area contributed by atoms with E-state index in [1.54, 1.807) is 0 Å². The summed E-state index contributed by atoms with van der Waals surface area (Å²) in [6.07, 6.45) is 6.80. The van der Waals surface area contributed by atoms with E-state index in [0.717, 1.165) is 11.8 Å². The third kappa shape index (κ3) is 0.800. The van der Waals surface area contributed by atoms with Gasteiger partial charge in [-0.2, -0.15) is 0 Å². The Balaban J connectivity index is 2.17. The Hall–Kier alpha value is -0.330. The molecule has 0 N–H and O–H groups in total. The zero-order valence-electron chi connectivity index (χ0n) is 7.34. The lowest BCUT2D eigenvalue weighted by atomic mass is 9.69. The molecule has 2 aliphatic carbocycles. The SMILES string of the molecule is C=NC1(CC)CCC2CC[C@H]21. The van der Waals surface area contributed by atoms with E-state index in [1.165, 1.54) is 32.1 Å². The van der Waals surface area contributed by atoms with Crippen molar-refractivity contribution >= 4 is 6.72 Å². The molecule has 2 unspecified atom stereocenters. The third-order valence-corrected chi connectivity index (χ3v) is 3.98. The summed E-state index contributed by atoms with van der Waals surface area (Å²) >= 11 is 0. The van der Waals surface area contributed by atoms with Crippen LogP contribution in [0, 0.1) is 11.8 Å². The molecule has 3 atom stereocenters. The predicted molar refractivity (Wildman–Crippen MR) is 48.0 cm³/mol. The number of nitrogens with zero attached hydrogens (tertiary/aromatic N) is 1. The van der Waals surface area contributed by atoms with Crippen LogP contribution in [-0.4, -0.2) is 12.3 Å². The normalized spacial score (nSPS) is 48.1. The summed E-state index contributed by atoms with van der Waals surface area (Å²) in [5.41, 5.74) is 0.308. The Morgan fingerprint density at radius 3 is 2.55 bits per heavy atom. The minimum atomic E-state index is 0.308. The molecule has 0 saturated heterocycles. The van der Waals surface area contributed by atoms with Crippen LogP contribution in [0.15, 0.2) is 4.99 Å². The van der Waals surface area contributed by atoms with Crippen molar-refractivity contribution < 1.29 is 0 Å². The highest BCUT2D eigenvalue weighted by molar-refractivity contribution is 5.28. The van der Waals surface area contributed by atoms with Gasteiger partial charge in [-0.3, -0.25) is 4.99 Å². The van der Waals surface area contributed by atoms with E-state index in [2.05, 4.69) is 18.6 Å².